The molecule has 2 aliphatic carbocycles. The second-order valence-corrected chi connectivity index (χ2v) is 13.5. The van der Waals surface area contributed by atoms with E-state index in [1.165, 1.54) is 5.56 Å². The zero-order valence-corrected chi connectivity index (χ0v) is 23.1. The van der Waals surface area contributed by atoms with E-state index >= 15 is 0 Å². The summed E-state index contributed by atoms with van der Waals surface area (Å²) in [5.74, 6) is 1.46. The Morgan fingerprint density at radius 2 is 2.00 bits per heavy atom. The molecule has 1 unspecified atom stereocenters. The molecule has 0 aliphatic heterocycles. The first-order chi connectivity index (χ1) is 15.0. The summed E-state index contributed by atoms with van der Waals surface area (Å²) >= 11 is 2.38. The lowest BCUT2D eigenvalue weighted by Gasteiger charge is -2.54. The second-order valence-electron chi connectivity index (χ2n) is 10.6. The first-order valence-electron chi connectivity index (χ1n) is 11.8. The third-order valence-corrected chi connectivity index (χ3v) is 9.62. The van der Waals surface area contributed by atoms with Gasteiger partial charge in [-0.2, -0.15) is 0 Å². The van der Waals surface area contributed by atoms with Crippen LogP contribution in [0.25, 0.3) is 0 Å². The van der Waals surface area contributed by atoms with Crippen LogP contribution in [0.2, 0.25) is 0 Å². The molecule has 0 amide bonds. The number of nitrogens with one attached hydrogen (secondary N) is 1. The summed E-state index contributed by atoms with van der Waals surface area (Å²) in [6.07, 6.45) is 4.11. The van der Waals surface area contributed by atoms with Gasteiger partial charge < -0.3 is 14.0 Å². The first kappa shape index (κ1) is 26.1. The van der Waals surface area contributed by atoms with Crippen molar-refractivity contribution in [3.63, 3.8) is 0 Å². The summed E-state index contributed by atoms with van der Waals surface area (Å²) < 4.78 is 30.1. The highest BCUT2D eigenvalue weighted by molar-refractivity contribution is 9.10. The van der Waals surface area contributed by atoms with Crippen molar-refractivity contribution in [1.29, 1.82) is 0 Å². The van der Waals surface area contributed by atoms with Gasteiger partial charge in [0.15, 0.2) is 5.54 Å². The molecule has 32 heavy (non-hydrogen) atoms. The van der Waals surface area contributed by atoms with Gasteiger partial charge in [0.05, 0.1) is 12.7 Å². The molecule has 2 aliphatic rings. The van der Waals surface area contributed by atoms with E-state index in [1.54, 1.807) is 0 Å². The standard InChI is InChI=1S/C26H40BrNO3S/c1-9-19-15-25(14-17(3)23(19)30-8)16-20-11-12-21(27)13-22(20)26(25,18(4)31-10-2)28-32(29)24(5,6)7/h11-13,17,19,23,28H,4,9-10,14-16H2,1-3,5-8H3/t17-,19+,23+,25+,26-,32?/m0/s1. The highest BCUT2D eigenvalue weighted by Gasteiger charge is 2.65. The molecule has 0 radical (unpaired) electrons. The second kappa shape index (κ2) is 9.61. The summed E-state index contributed by atoms with van der Waals surface area (Å²) in [5, 5.41) is 0. The first-order valence-corrected chi connectivity index (χ1v) is 13.7. The third kappa shape index (κ3) is 4.31. The normalized spacial score (nSPS) is 33.2. The highest BCUT2D eigenvalue weighted by atomic mass is 79.9. The maximum atomic E-state index is 13.7. The Labute approximate surface area is 206 Å². The van der Waals surface area contributed by atoms with E-state index in [0.29, 0.717) is 24.2 Å². The summed E-state index contributed by atoms with van der Waals surface area (Å²) in [4.78, 5) is 0. The van der Waals surface area contributed by atoms with Crippen LogP contribution in [0.4, 0.5) is 0 Å². The van der Waals surface area contributed by atoms with Crippen molar-refractivity contribution in [2.75, 3.05) is 13.7 Å². The van der Waals surface area contributed by atoms with Gasteiger partial charge in [0.1, 0.15) is 10.5 Å². The Morgan fingerprint density at radius 1 is 1.31 bits per heavy atom. The molecule has 1 saturated carbocycles. The molecule has 3 rings (SSSR count). The van der Waals surface area contributed by atoms with Gasteiger partial charge in [-0.15, -0.1) is 4.72 Å². The molecule has 1 N–H and O–H groups in total. The minimum absolute atomic E-state index is 0.196. The van der Waals surface area contributed by atoms with Crippen LogP contribution in [0, 0.1) is 17.3 Å². The molecule has 1 aromatic carbocycles. The van der Waals surface area contributed by atoms with Gasteiger partial charge in [0.2, 0.25) is 0 Å². The van der Waals surface area contributed by atoms with Gasteiger partial charge >= 0.3 is 0 Å². The molecule has 0 aromatic heterocycles. The number of benzene rings is 1. The fraction of sp³-hybridized carbons (Fsp3) is 0.692. The molecule has 0 heterocycles. The van der Waals surface area contributed by atoms with Crippen molar-refractivity contribution in [3.05, 3.63) is 46.1 Å². The number of fused-ring (bicyclic) bond motifs is 1. The number of ether oxygens (including phenoxy) is 2. The molecule has 6 heteroatoms. The van der Waals surface area contributed by atoms with Gasteiger partial charge in [-0.05, 0) is 82.1 Å². The molecule has 1 fully saturated rings. The maximum absolute atomic E-state index is 13.7. The predicted molar refractivity (Wildman–Crippen MR) is 137 cm³/mol. The van der Waals surface area contributed by atoms with E-state index < -0.39 is 21.6 Å². The molecule has 180 valence electrons. The Morgan fingerprint density at radius 3 is 2.56 bits per heavy atom. The van der Waals surface area contributed by atoms with Crippen LogP contribution in [0.5, 0.6) is 0 Å². The van der Waals surface area contributed by atoms with Crippen LogP contribution >= 0.6 is 15.9 Å². The minimum atomic E-state index is -1.30. The Hall–Kier alpha value is -0.530. The molecule has 6 atom stereocenters. The van der Waals surface area contributed by atoms with Crippen molar-refractivity contribution >= 4 is 27.3 Å². The lowest BCUT2D eigenvalue weighted by Crippen LogP contribution is -2.62. The van der Waals surface area contributed by atoms with Crippen LogP contribution in [-0.4, -0.2) is 29.1 Å². The molecule has 4 nitrogen and oxygen atoms in total. The molecule has 0 bridgehead atoms. The SMILES string of the molecule is C=C(OCC)[C@]1(N[S+]([O-])C(C)(C)C)c2cc(Br)ccc2C[C@@]12C[C@@H](CC)[C@H](OC)[C@@H](C)C2. The van der Waals surface area contributed by atoms with Gasteiger partial charge in [0.25, 0.3) is 0 Å². The Kier molecular flexibility index (Phi) is 7.83. The average Bonchev–Trinajstić information content (AvgIpc) is 2.96. The lowest BCUT2D eigenvalue weighted by molar-refractivity contribution is -0.0864. The van der Waals surface area contributed by atoms with Gasteiger partial charge in [-0.1, -0.05) is 48.8 Å². The summed E-state index contributed by atoms with van der Waals surface area (Å²) in [5.41, 5.74) is 1.49. The third-order valence-electron chi connectivity index (χ3n) is 7.53. The van der Waals surface area contributed by atoms with E-state index in [1.807, 2.05) is 34.8 Å². The van der Waals surface area contributed by atoms with Crippen LogP contribution in [0.3, 0.4) is 0 Å². The van der Waals surface area contributed by atoms with E-state index in [9.17, 15) is 4.55 Å². The van der Waals surface area contributed by atoms with Crippen LogP contribution in [0.15, 0.2) is 35.0 Å². The summed E-state index contributed by atoms with van der Waals surface area (Å²) in [6.45, 7) is 17.6. The molecule has 1 spiro atoms. The van der Waals surface area contributed by atoms with E-state index in [2.05, 4.69) is 59.3 Å². The number of rotatable bonds is 7. The van der Waals surface area contributed by atoms with Gasteiger partial charge in [-0.3, -0.25) is 0 Å². The number of halogens is 1. The number of hydrogen-bond acceptors (Lipinski definition) is 4. The summed E-state index contributed by atoms with van der Waals surface area (Å²) in [7, 11) is 1.83. The van der Waals surface area contributed by atoms with E-state index in [-0.39, 0.29) is 11.5 Å². The van der Waals surface area contributed by atoms with Crippen molar-refractivity contribution in [2.45, 2.75) is 83.6 Å². The van der Waals surface area contributed by atoms with Crippen LogP contribution in [-0.2, 0) is 32.8 Å². The largest absolute Gasteiger partial charge is 0.598 e. The average molecular weight is 527 g/mol. The predicted octanol–water partition coefficient (Wildman–Crippen LogP) is 6.26. The minimum Gasteiger partial charge on any atom is -0.598 e. The van der Waals surface area contributed by atoms with Gasteiger partial charge in [0, 0.05) is 28.4 Å². The fourth-order valence-electron chi connectivity index (χ4n) is 6.23. The lowest BCUT2D eigenvalue weighted by atomic mass is 9.55. The Bertz CT molecular complexity index is 841. The zero-order valence-electron chi connectivity index (χ0n) is 20.7. The maximum Gasteiger partial charge on any atom is 0.151 e. The fourth-order valence-corrected chi connectivity index (χ4v) is 7.61. The number of methoxy groups -OCH3 is 1. The Balaban J connectivity index is 2.26. The van der Waals surface area contributed by atoms with Crippen molar-refractivity contribution < 1.29 is 14.0 Å². The van der Waals surface area contributed by atoms with E-state index in [4.69, 9.17) is 9.47 Å². The smallest absolute Gasteiger partial charge is 0.151 e. The van der Waals surface area contributed by atoms with Crippen molar-refractivity contribution in [1.82, 2.24) is 4.72 Å². The van der Waals surface area contributed by atoms with Crippen molar-refractivity contribution in [2.24, 2.45) is 17.3 Å². The summed E-state index contributed by atoms with van der Waals surface area (Å²) in [6, 6.07) is 6.49. The monoisotopic (exact) mass is 525 g/mol. The number of hydrogen-bond donors (Lipinski definition) is 1. The van der Waals surface area contributed by atoms with E-state index in [0.717, 1.165) is 35.7 Å². The molecule has 1 aromatic rings. The van der Waals surface area contributed by atoms with Gasteiger partial charge in [-0.25, -0.2) is 0 Å². The highest BCUT2D eigenvalue weighted by Crippen LogP contribution is 2.63. The zero-order chi connectivity index (χ0) is 23.9. The molecular weight excluding hydrogens is 486 g/mol. The molecular formula is C26H40BrNO3S. The van der Waals surface area contributed by atoms with Crippen LogP contribution < -0.4 is 4.72 Å². The van der Waals surface area contributed by atoms with Crippen molar-refractivity contribution in [3.8, 4) is 0 Å². The van der Waals surface area contributed by atoms with Crippen LogP contribution in [0.1, 0.15) is 71.9 Å². The quantitative estimate of drug-likeness (QED) is 0.337. The molecule has 0 saturated heterocycles. The topological polar surface area (TPSA) is 53.5 Å².